The van der Waals surface area contributed by atoms with Crippen molar-refractivity contribution in [2.24, 2.45) is 10.2 Å². The third-order valence-corrected chi connectivity index (χ3v) is 4.56. The van der Waals surface area contributed by atoms with Gasteiger partial charge in [-0.3, -0.25) is 4.79 Å². The maximum atomic E-state index is 12.3. The highest BCUT2D eigenvalue weighted by molar-refractivity contribution is 5.76. The van der Waals surface area contributed by atoms with E-state index in [1.807, 2.05) is 32.0 Å². The second kappa shape index (κ2) is 7.48. The Balaban J connectivity index is 1.57. The van der Waals surface area contributed by atoms with Crippen molar-refractivity contribution in [3.8, 4) is 18.2 Å². The summed E-state index contributed by atoms with van der Waals surface area (Å²) < 4.78 is 1.77. The van der Waals surface area contributed by atoms with Crippen LogP contribution in [-0.2, 0) is 4.79 Å². The number of carbonyl (C=O) groups excluding carboxylic acids is 1. The van der Waals surface area contributed by atoms with Crippen LogP contribution >= 0.6 is 0 Å². The van der Waals surface area contributed by atoms with Gasteiger partial charge in [-0.25, -0.2) is 9.67 Å². The number of aromatic nitrogens is 3. The molecule has 3 heterocycles. The Hall–Kier alpha value is -3.01. The quantitative estimate of drug-likeness (QED) is 0.742. The van der Waals surface area contributed by atoms with Crippen LogP contribution in [0, 0.1) is 19.3 Å². The van der Waals surface area contributed by atoms with Crippen LogP contribution in [0.3, 0.4) is 0 Å². The summed E-state index contributed by atoms with van der Waals surface area (Å²) in [4.78, 5) is 16.6. The van der Waals surface area contributed by atoms with Crippen molar-refractivity contribution in [3.63, 3.8) is 0 Å². The van der Waals surface area contributed by atoms with Gasteiger partial charge in [0.2, 0.25) is 5.91 Å². The van der Waals surface area contributed by atoms with Crippen molar-refractivity contribution in [1.82, 2.24) is 20.1 Å². The summed E-state index contributed by atoms with van der Waals surface area (Å²) in [6, 6.07) is 5.53. The number of nitrogens with zero attached hydrogens (tertiary/aromatic N) is 5. The summed E-state index contributed by atoms with van der Waals surface area (Å²) in [5.74, 6) is 3.32. The van der Waals surface area contributed by atoms with E-state index in [0.29, 0.717) is 25.7 Å². The molecular weight excluding hydrogens is 328 g/mol. The normalized spacial score (nSPS) is 15.3. The van der Waals surface area contributed by atoms with Crippen LogP contribution in [0.15, 0.2) is 40.8 Å². The first kappa shape index (κ1) is 17.8. The summed E-state index contributed by atoms with van der Waals surface area (Å²) in [6.45, 7) is 3.92. The molecule has 7 nitrogen and oxygen atoms in total. The highest BCUT2D eigenvalue weighted by Crippen LogP contribution is 2.37. The number of amides is 1. The molecule has 7 heteroatoms. The fraction of sp³-hybridized carbons (Fsp3) is 0.421. The van der Waals surface area contributed by atoms with Gasteiger partial charge in [0.1, 0.15) is 0 Å². The van der Waals surface area contributed by atoms with Gasteiger partial charge in [0.15, 0.2) is 11.5 Å². The van der Waals surface area contributed by atoms with Crippen LogP contribution < -0.4 is 5.32 Å². The SMILES string of the molecule is C#CCCC1(CCC(=O)NC(C)c2cnn(-c3ccccn3)c2C)N=N1. The van der Waals surface area contributed by atoms with Gasteiger partial charge in [0.05, 0.1) is 12.2 Å². The number of nitrogens with one attached hydrogen (secondary N) is 1. The maximum absolute atomic E-state index is 12.3. The number of hydrogen-bond acceptors (Lipinski definition) is 5. The van der Waals surface area contributed by atoms with Crippen molar-refractivity contribution < 1.29 is 4.79 Å². The predicted octanol–water partition coefficient (Wildman–Crippen LogP) is 3.11. The number of terminal acetylenes is 1. The van der Waals surface area contributed by atoms with Gasteiger partial charge >= 0.3 is 0 Å². The summed E-state index contributed by atoms with van der Waals surface area (Å²) in [5, 5.41) is 15.5. The van der Waals surface area contributed by atoms with Crippen molar-refractivity contribution >= 4 is 5.91 Å². The van der Waals surface area contributed by atoms with Crippen LogP contribution in [-0.4, -0.2) is 26.3 Å². The Morgan fingerprint density at radius 2 is 2.19 bits per heavy atom. The molecule has 0 radical (unpaired) electrons. The molecule has 0 bridgehead atoms. The third-order valence-electron chi connectivity index (χ3n) is 4.56. The lowest BCUT2D eigenvalue weighted by molar-refractivity contribution is -0.122. The average Bonchev–Trinajstić information content (AvgIpc) is 3.32. The molecule has 0 spiro atoms. The van der Waals surface area contributed by atoms with E-state index in [-0.39, 0.29) is 11.9 Å². The highest BCUT2D eigenvalue weighted by Gasteiger charge is 2.39. The Labute approximate surface area is 152 Å². The van der Waals surface area contributed by atoms with Gasteiger partial charge in [0, 0.05) is 43.1 Å². The van der Waals surface area contributed by atoms with E-state index in [9.17, 15) is 4.79 Å². The summed E-state index contributed by atoms with van der Waals surface area (Å²) in [5.41, 5.74) is 1.49. The second-order valence-corrected chi connectivity index (χ2v) is 6.46. The summed E-state index contributed by atoms with van der Waals surface area (Å²) >= 11 is 0. The molecule has 0 saturated heterocycles. The standard InChI is InChI=1S/C19H22N6O/c1-4-5-10-19(23-24-19)11-9-18(26)22-14(2)16-13-21-25(15(16)3)17-8-6-7-12-20-17/h1,6-8,12-14H,5,9-11H2,2-3H3,(H,22,26). The van der Waals surface area contributed by atoms with Gasteiger partial charge in [-0.15, -0.1) is 12.3 Å². The number of hydrogen-bond donors (Lipinski definition) is 1. The molecule has 0 aromatic carbocycles. The summed E-state index contributed by atoms with van der Waals surface area (Å²) in [7, 11) is 0. The monoisotopic (exact) mass is 350 g/mol. The molecule has 0 aliphatic carbocycles. The predicted molar refractivity (Wildman–Crippen MR) is 97.5 cm³/mol. The Kier molecular flexibility index (Phi) is 5.12. The van der Waals surface area contributed by atoms with Crippen LogP contribution in [0.4, 0.5) is 0 Å². The van der Waals surface area contributed by atoms with E-state index < -0.39 is 5.66 Å². The van der Waals surface area contributed by atoms with Crippen molar-refractivity contribution in [2.75, 3.05) is 0 Å². The second-order valence-electron chi connectivity index (χ2n) is 6.46. The third kappa shape index (κ3) is 3.97. The van der Waals surface area contributed by atoms with E-state index in [0.717, 1.165) is 17.1 Å². The van der Waals surface area contributed by atoms with E-state index in [1.54, 1.807) is 17.1 Å². The van der Waals surface area contributed by atoms with Crippen molar-refractivity contribution in [1.29, 1.82) is 0 Å². The maximum Gasteiger partial charge on any atom is 0.220 e. The van der Waals surface area contributed by atoms with E-state index in [2.05, 4.69) is 31.5 Å². The molecule has 1 atom stereocenters. The largest absolute Gasteiger partial charge is 0.349 e. The number of rotatable bonds is 8. The van der Waals surface area contributed by atoms with E-state index >= 15 is 0 Å². The van der Waals surface area contributed by atoms with Gasteiger partial charge in [-0.2, -0.15) is 15.3 Å². The molecule has 0 saturated carbocycles. The topological polar surface area (TPSA) is 84.5 Å². The van der Waals surface area contributed by atoms with Crippen molar-refractivity contribution in [3.05, 3.63) is 41.9 Å². The molecule has 26 heavy (non-hydrogen) atoms. The lowest BCUT2D eigenvalue weighted by Crippen LogP contribution is -2.28. The lowest BCUT2D eigenvalue weighted by atomic mass is 10.0. The zero-order chi connectivity index (χ0) is 18.6. The molecule has 2 aromatic heterocycles. The average molecular weight is 350 g/mol. The smallest absolute Gasteiger partial charge is 0.220 e. The molecular formula is C19H22N6O. The number of pyridine rings is 1. The Morgan fingerprint density at radius 3 is 2.85 bits per heavy atom. The minimum Gasteiger partial charge on any atom is -0.349 e. The van der Waals surface area contributed by atoms with E-state index in [4.69, 9.17) is 6.42 Å². The number of carbonyl (C=O) groups is 1. The van der Waals surface area contributed by atoms with Crippen LogP contribution in [0.1, 0.15) is 49.9 Å². The first-order valence-electron chi connectivity index (χ1n) is 8.67. The van der Waals surface area contributed by atoms with E-state index in [1.165, 1.54) is 0 Å². The van der Waals surface area contributed by atoms with Gasteiger partial charge in [-0.1, -0.05) is 6.07 Å². The van der Waals surface area contributed by atoms with Gasteiger partial charge in [-0.05, 0) is 26.0 Å². The fourth-order valence-electron chi connectivity index (χ4n) is 2.93. The minimum atomic E-state index is -0.424. The summed E-state index contributed by atoms with van der Waals surface area (Å²) in [6.07, 6.45) is 11.1. The Bertz CT molecular complexity index is 843. The fourth-order valence-corrected chi connectivity index (χ4v) is 2.93. The van der Waals surface area contributed by atoms with Crippen LogP contribution in [0.5, 0.6) is 0 Å². The molecule has 134 valence electrons. The highest BCUT2D eigenvalue weighted by atomic mass is 16.1. The molecule has 1 aliphatic heterocycles. The van der Waals surface area contributed by atoms with Crippen LogP contribution in [0.2, 0.25) is 0 Å². The molecule has 0 fully saturated rings. The molecule has 3 rings (SSSR count). The van der Waals surface area contributed by atoms with Crippen LogP contribution in [0.25, 0.3) is 5.82 Å². The zero-order valence-electron chi connectivity index (χ0n) is 15.0. The first-order valence-corrected chi connectivity index (χ1v) is 8.67. The lowest BCUT2D eigenvalue weighted by Gasteiger charge is -2.15. The first-order chi connectivity index (χ1) is 12.5. The van der Waals surface area contributed by atoms with Crippen molar-refractivity contribution in [2.45, 2.75) is 51.2 Å². The van der Waals surface area contributed by atoms with Gasteiger partial charge in [0.25, 0.3) is 0 Å². The molecule has 1 aliphatic rings. The minimum absolute atomic E-state index is 0.0279. The Morgan fingerprint density at radius 1 is 1.38 bits per heavy atom. The molecule has 1 unspecified atom stereocenters. The molecule has 1 amide bonds. The molecule has 1 N–H and O–H groups in total. The van der Waals surface area contributed by atoms with Gasteiger partial charge < -0.3 is 5.32 Å². The zero-order valence-corrected chi connectivity index (χ0v) is 15.0. The molecule has 2 aromatic rings.